The third-order valence-electron chi connectivity index (χ3n) is 4.78. The molecule has 8 heteroatoms. The number of carbonyl (C=O) groups is 3. The zero-order chi connectivity index (χ0) is 20.3. The van der Waals surface area contributed by atoms with Crippen molar-refractivity contribution in [1.82, 2.24) is 10.2 Å². The number of benzene rings is 1. The molecule has 0 spiro atoms. The fourth-order valence-corrected chi connectivity index (χ4v) is 3.28. The fraction of sp³-hybridized carbons (Fsp3) is 0.350. The van der Waals surface area contributed by atoms with Crippen molar-refractivity contribution >= 4 is 17.9 Å². The largest absolute Gasteiger partial charge is 0.463 e. The summed E-state index contributed by atoms with van der Waals surface area (Å²) in [4.78, 5) is 38.4. The van der Waals surface area contributed by atoms with E-state index in [0.29, 0.717) is 18.4 Å². The zero-order valence-corrected chi connectivity index (χ0v) is 15.7. The van der Waals surface area contributed by atoms with Crippen LogP contribution in [0.3, 0.4) is 0 Å². The molecule has 2 heterocycles. The standard InChI is InChI=1S/C20H21FN2O5/c1-3-4-11-20(13-5-7-14(21)8-6-13)18(25)23(19(26)22-20)12-15-9-10-16(28-15)17(24)27-2/h5-10H,3-4,11-12H2,1-2H3,(H,22,26). The maximum atomic E-state index is 13.4. The molecule has 148 valence electrons. The zero-order valence-electron chi connectivity index (χ0n) is 15.7. The van der Waals surface area contributed by atoms with Gasteiger partial charge in [0.2, 0.25) is 5.76 Å². The number of unbranched alkanes of at least 4 members (excludes halogenated alkanes) is 1. The minimum atomic E-state index is -1.25. The third-order valence-corrected chi connectivity index (χ3v) is 4.78. The van der Waals surface area contributed by atoms with Crippen molar-refractivity contribution in [2.24, 2.45) is 0 Å². The van der Waals surface area contributed by atoms with Gasteiger partial charge in [-0.05, 0) is 36.2 Å². The van der Waals surface area contributed by atoms with Crippen molar-refractivity contribution in [2.45, 2.75) is 38.3 Å². The Morgan fingerprint density at radius 1 is 1.21 bits per heavy atom. The summed E-state index contributed by atoms with van der Waals surface area (Å²) < 4.78 is 23.3. The van der Waals surface area contributed by atoms with Crippen LogP contribution in [-0.4, -0.2) is 29.9 Å². The lowest BCUT2D eigenvalue weighted by molar-refractivity contribution is -0.132. The Balaban J connectivity index is 1.89. The first-order chi connectivity index (χ1) is 13.4. The number of rotatable bonds is 7. The average molecular weight is 388 g/mol. The van der Waals surface area contributed by atoms with Crippen LogP contribution in [-0.2, 0) is 21.6 Å². The molecule has 3 amide bonds. The van der Waals surface area contributed by atoms with Gasteiger partial charge in [-0.2, -0.15) is 0 Å². The van der Waals surface area contributed by atoms with E-state index in [2.05, 4.69) is 10.1 Å². The van der Waals surface area contributed by atoms with Crippen LogP contribution in [0, 0.1) is 5.82 Å². The van der Waals surface area contributed by atoms with Crippen molar-refractivity contribution < 1.29 is 27.9 Å². The average Bonchev–Trinajstić information content (AvgIpc) is 3.25. The second kappa shape index (κ2) is 7.84. The number of nitrogens with one attached hydrogen (secondary N) is 1. The van der Waals surface area contributed by atoms with Crippen LogP contribution in [0.15, 0.2) is 40.8 Å². The summed E-state index contributed by atoms with van der Waals surface area (Å²) in [5.74, 6) is -1.25. The maximum Gasteiger partial charge on any atom is 0.373 e. The molecule has 1 atom stereocenters. The number of hydrogen-bond acceptors (Lipinski definition) is 5. The smallest absolute Gasteiger partial charge is 0.373 e. The monoisotopic (exact) mass is 388 g/mol. The molecule has 0 aliphatic carbocycles. The Morgan fingerprint density at radius 3 is 2.57 bits per heavy atom. The number of carbonyl (C=O) groups excluding carboxylic acids is 3. The highest BCUT2D eigenvalue weighted by atomic mass is 19.1. The SMILES string of the molecule is CCCCC1(c2ccc(F)cc2)NC(=O)N(Cc2ccc(C(=O)OC)o2)C1=O. The Bertz CT molecular complexity index is 892. The van der Waals surface area contributed by atoms with Gasteiger partial charge in [-0.15, -0.1) is 0 Å². The number of methoxy groups -OCH3 is 1. The molecule has 0 saturated carbocycles. The van der Waals surface area contributed by atoms with Gasteiger partial charge < -0.3 is 14.5 Å². The van der Waals surface area contributed by atoms with E-state index in [4.69, 9.17) is 4.42 Å². The number of hydrogen-bond donors (Lipinski definition) is 1. The highest BCUT2D eigenvalue weighted by molar-refractivity contribution is 6.07. The van der Waals surface area contributed by atoms with Gasteiger partial charge in [0.1, 0.15) is 17.1 Å². The Kier molecular flexibility index (Phi) is 5.48. The van der Waals surface area contributed by atoms with Crippen LogP contribution >= 0.6 is 0 Å². The van der Waals surface area contributed by atoms with E-state index in [1.54, 1.807) is 0 Å². The quantitative estimate of drug-likeness (QED) is 0.580. The molecule has 1 aliphatic heterocycles. The number of amides is 3. The van der Waals surface area contributed by atoms with Crippen molar-refractivity contribution in [1.29, 1.82) is 0 Å². The predicted octanol–water partition coefficient (Wildman–Crippen LogP) is 3.34. The number of halogens is 1. The minimum absolute atomic E-state index is 0.0136. The van der Waals surface area contributed by atoms with E-state index < -0.39 is 29.3 Å². The molecule has 1 aliphatic rings. The first-order valence-corrected chi connectivity index (χ1v) is 8.98. The van der Waals surface area contributed by atoms with Gasteiger partial charge in [-0.1, -0.05) is 31.9 Å². The molecule has 1 N–H and O–H groups in total. The van der Waals surface area contributed by atoms with E-state index in [9.17, 15) is 18.8 Å². The number of urea groups is 1. The van der Waals surface area contributed by atoms with Crippen LogP contribution < -0.4 is 5.32 Å². The van der Waals surface area contributed by atoms with Crippen molar-refractivity contribution in [2.75, 3.05) is 7.11 Å². The number of nitrogens with zero attached hydrogens (tertiary/aromatic N) is 1. The lowest BCUT2D eigenvalue weighted by Gasteiger charge is -2.27. The summed E-state index contributed by atoms with van der Waals surface area (Å²) in [7, 11) is 1.23. The molecule has 2 aromatic rings. The van der Waals surface area contributed by atoms with Crippen LogP contribution in [0.25, 0.3) is 0 Å². The molecule has 3 rings (SSSR count). The van der Waals surface area contributed by atoms with Crippen molar-refractivity contribution in [3.63, 3.8) is 0 Å². The second-order valence-corrected chi connectivity index (χ2v) is 6.59. The van der Waals surface area contributed by atoms with Crippen LogP contribution in [0.2, 0.25) is 0 Å². The molecule has 1 fully saturated rings. The molecular formula is C20H21FN2O5. The summed E-state index contributed by atoms with van der Waals surface area (Å²) in [6.07, 6.45) is 1.92. The summed E-state index contributed by atoms with van der Waals surface area (Å²) >= 11 is 0. The molecule has 0 radical (unpaired) electrons. The van der Waals surface area contributed by atoms with Gasteiger partial charge in [0.25, 0.3) is 5.91 Å². The highest BCUT2D eigenvalue weighted by Crippen LogP contribution is 2.35. The van der Waals surface area contributed by atoms with Crippen molar-refractivity contribution in [3.8, 4) is 0 Å². The molecule has 1 aromatic heterocycles. The van der Waals surface area contributed by atoms with Gasteiger partial charge in [0.05, 0.1) is 13.7 Å². The molecule has 1 saturated heterocycles. The summed E-state index contributed by atoms with van der Waals surface area (Å²) in [6, 6.07) is 7.91. The minimum Gasteiger partial charge on any atom is -0.463 e. The first-order valence-electron chi connectivity index (χ1n) is 8.98. The number of esters is 1. The lowest BCUT2D eigenvalue weighted by Crippen LogP contribution is -2.44. The van der Waals surface area contributed by atoms with Crippen LogP contribution in [0.1, 0.15) is 48.1 Å². The molecule has 1 aromatic carbocycles. The highest BCUT2D eigenvalue weighted by Gasteiger charge is 2.52. The Labute approximate surface area is 161 Å². The number of imide groups is 1. The van der Waals surface area contributed by atoms with E-state index in [1.807, 2.05) is 6.92 Å². The summed E-state index contributed by atoms with van der Waals surface area (Å²) in [6.45, 7) is 1.85. The Morgan fingerprint density at radius 2 is 1.93 bits per heavy atom. The van der Waals surface area contributed by atoms with E-state index in [1.165, 1.54) is 43.5 Å². The van der Waals surface area contributed by atoms with Gasteiger partial charge in [-0.25, -0.2) is 14.0 Å². The molecule has 1 unspecified atom stereocenters. The molecule has 0 bridgehead atoms. The third kappa shape index (κ3) is 3.49. The van der Waals surface area contributed by atoms with Gasteiger partial charge in [0, 0.05) is 0 Å². The van der Waals surface area contributed by atoms with Gasteiger partial charge in [-0.3, -0.25) is 9.69 Å². The normalized spacial score (nSPS) is 19.0. The van der Waals surface area contributed by atoms with Gasteiger partial charge >= 0.3 is 12.0 Å². The fourth-order valence-electron chi connectivity index (χ4n) is 3.28. The molecule has 28 heavy (non-hydrogen) atoms. The van der Waals surface area contributed by atoms with E-state index >= 15 is 0 Å². The van der Waals surface area contributed by atoms with E-state index in [0.717, 1.165) is 11.3 Å². The summed E-state index contributed by atoms with van der Waals surface area (Å²) in [5, 5.41) is 2.78. The Hall–Kier alpha value is -3.16. The molecule has 7 nitrogen and oxygen atoms in total. The lowest BCUT2D eigenvalue weighted by atomic mass is 9.85. The molecular weight excluding hydrogens is 367 g/mol. The maximum absolute atomic E-state index is 13.4. The van der Waals surface area contributed by atoms with Crippen molar-refractivity contribution in [3.05, 3.63) is 59.3 Å². The number of furan rings is 1. The predicted molar refractivity (Wildman–Crippen MR) is 96.7 cm³/mol. The topological polar surface area (TPSA) is 88.8 Å². The van der Waals surface area contributed by atoms with E-state index in [-0.39, 0.29) is 18.1 Å². The van der Waals surface area contributed by atoms with Crippen LogP contribution in [0.4, 0.5) is 9.18 Å². The second-order valence-electron chi connectivity index (χ2n) is 6.59. The van der Waals surface area contributed by atoms with Gasteiger partial charge in [0.15, 0.2) is 0 Å². The summed E-state index contributed by atoms with van der Waals surface area (Å²) in [5.41, 5.74) is -0.726. The van der Waals surface area contributed by atoms with Crippen LogP contribution in [0.5, 0.6) is 0 Å². The first kappa shape index (κ1) is 19.6. The number of ether oxygens (including phenoxy) is 1.